The number of nitrogens with two attached hydrogens (primary N) is 1. The Balaban J connectivity index is 1.62. The molecular formula is C18H21NO. The van der Waals surface area contributed by atoms with Gasteiger partial charge in [0, 0.05) is 12.5 Å². The van der Waals surface area contributed by atoms with E-state index < -0.39 is 0 Å². The average Bonchev–Trinajstić information content (AvgIpc) is 2.49. The third kappa shape index (κ3) is 3.02. The Labute approximate surface area is 120 Å². The fourth-order valence-corrected chi connectivity index (χ4v) is 2.83. The highest BCUT2D eigenvalue weighted by Gasteiger charge is 2.17. The van der Waals surface area contributed by atoms with Crippen LogP contribution in [0.4, 0.5) is 0 Å². The Hall–Kier alpha value is -1.80. The lowest BCUT2D eigenvalue weighted by atomic mass is 9.88. The maximum Gasteiger partial charge on any atom is 0.119 e. The van der Waals surface area contributed by atoms with Crippen LogP contribution in [0.25, 0.3) is 0 Å². The fraction of sp³-hybridized carbons (Fsp3) is 0.333. The molecule has 1 aliphatic rings. The molecule has 0 heterocycles. The van der Waals surface area contributed by atoms with E-state index in [9.17, 15) is 0 Å². The molecule has 1 atom stereocenters. The first kappa shape index (κ1) is 13.2. The number of hydrogen-bond acceptors (Lipinski definition) is 2. The van der Waals surface area contributed by atoms with Crippen molar-refractivity contribution in [1.29, 1.82) is 0 Å². The van der Waals surface area contributed by atoms with E-state index in [0.717, 1.165) is 25.0 Å². The van der Waals surface area contributed by atoms with Gasteiger partial charge >= 0.3 is 0 Å². The van der Waals surface area contributed by atoms with Crippen LogP contribution in [0.3, 0.4) is 0 Å². The van der Waals surface area contributed by atoms with Crippen molar-refractivity contribution in [2.24, 2.45) is 5.73 Å². The molecule has 0 bridgehead atoms. The molecule has 0 aromatic heterocycles. The lowest BCUT2D eigenvalue weighted by Gasteiger charge is -2.22. The zero-order valence-electron chi connectivity index (χ0n) is 11.7. The summed E-state index contributed by atoms with van der Waals surface area (Å²) in [6.45, 7) is 0.706. The van der Waals surface area contributed by atoms with Gasteiger partial charge in [0.1, 0.15) is 5.75 Å². The number of hydrogen-bond donors (Lipinski definition) is 1. The monoisotopic (exact) mass is 267 g/mol. The van der Waals surface area contributed by atoms with Crippen molar-refractivity contribution < 1.29 is 4.74 Å². The number of benzene rings is 2. The molecule has 3 rings (SSSR count). The summed E-state index contributed by atoms with van der Waals surface area (Å²) >= 11 is 0. The molecule has 0 aliphatic heterocycles. The van der Waals surface area contributed by atoms with Crippen molar-refractivity contribution in [3.05, 3.63) is 65.2 Å². The summed E-state index contributed by atoms with van der Waals surface area (Å²) in [4.78, 5) is 0. The van der Waals surface area contributed by atoms with Crippen molar-refractivity contribution in [2.75, 3.05) is 6.61 Å². The molecule has 20 heavy (non-hydrogen) atoms. The smallest absolute Gasteiger partial charge is 0.119 e. The van der Waals surface area contributed by atoms with Gasteiger partial charge in [0.25, 0.3) is 0 Å². The highest BCUT2D eigenvalue weighted by Crippen LogP contribution is 2.30. The molecule has 2 aromatic carbocycles. The van der Waals surface area contributed by atoms with Gasteiger partial charge in [-0.1, -0.05) is 36.4 Å². The number of ether oxygens (including phenoxy) is 1. The molecule has 2 N–H and O–H groups in total. The van der Waals surface area contributed by atoms with Crippen LogP contribution in [-0.4, -0.2) is 6.61 Å². The Morgan fingerprint density at radius 2 is 1.95 bits per heavy atom. The van der Waals surface area contributed by atoms with Gasteiger partial charge in [-0.05, 0) is 48.1 Å². The van der Waals surface area contributed by atoms with E-state index in [1.807, 2.05) is 6.07 Å². The largest absolute Gasteiger partial charge is 0.493 e. The fourth-order valence-electron chi connectivity index (χ4n) is 2.83. The molecule has 0 spiro atoms. The Morgan fingerprint density at radius 1 is 1.10 bits per heavy atom. The van der Waals surface area contributed by atoms with E-state index >= 15 is 0 Å². The standard InChI is InChI=1S/C18H21NO/c19-18-8-4-7-15-9-10-16(13-17(15)18)20-12-11-14-5-2-1-3-6-14/h1-3,5-6,9-10,13,18H,4,7-8,11-12,19H2/t18-/m1/s1. The summed E-state index contributed by atoms with van der Waals surface area (Å²) in [5.41, 5.74) is 10.1. The highest BCUT2D eigenvalue weighted by atomic mass is 16.5. The first-order chi connectivity index (χ1) is 9.83. The molecule has 0 unspecified atom stereocenters. The van der Waals surface area contributed by atoms with Crippen LogP contribution in [-0.2, 0) is 12.8 Å². The van der Waals surface area contributed by atoms with Crippen LogP contribution in [0.1, 0.15) is 35.6 Å². The van der Waals surface area contributed by atoms with Gasteiger partial charge < -0.3 is 10.5 Å². The topological polar surface area (TPSA) is 35.2 Å². The van der Waals surface area contributed by atoms with Gasteiger partial charge in [-0.2, -0.15) is 0 Å². The van der Waals surface area contributed by atoms with E-state index in [0.29, 0.717) is 6.61 Å². The van der Waals surface area contributed by atoms with Gasteiger partial charge in [0.05, 0.1) is 6.61 Å². The van der Waals surface area contributed by atoms with Crippen molar-refractivity contribution in [2.45, 2.75) is 31.7 Å². The molecule has 2 aromatic rings. The van der Waals surface area contributed by atoms with E-state index in [-0.39, 0.29) is 6.04 Å². The molecule has 0 amide bonds. The van der Waals surface area contributed by atoms with Gasteiger partial charge in [-0.15, -0.1) is 0 Å². The number of fused-ring (bicyclic) bond motifs is 1. The van der Waals surface area contributed by atoms with Crippen molar-refractivity contribution in [1.82, 2.24) is 0 Å². The molecule has 2 nitrogen and oxygen atoms in total. The normalized spacial score (nSPS) is 17.6. The highest BCUT2D eigenvalue weighted by molar-refractivity contribution is 5.39. The quantitative estimate of drug-likeness (QED) is 0.917. The van der Waals surface area contributed by atoms with Crippen LogP contribution >= 0.6 is 0 Å². The van der Waals surface area contributed by atoms with E-state index in [4.69, 9.17) is 10.5 Å². The minimum Gasteiger partial charge on any atom is -0.493 e. The zero-order chi connectivity index (χ0) is 13.8. The summed E-state index contributed by atoms with van der Waals surface area (Å²) < 4.78 is 5.87. The lowest BCUT2D eigenvalue weighted by Crippen LogP contribution is -2.17. The second-order valence-electron chi connectivity index (χ2n) is 5.44. The second-order valence-corrected chi connectivity index (χ2v) is 5.44. The minimum absolute atomic E-state index is 0.177. The second kappa shape index (κ2) is 6.10. The SMILES string of the molecule is N[C@@H]1CCCc2ccc(OCCc3ccccc3)cc21. The molecule has 0 saturated heterocycles. The Morgan fingerprint density at radius 3 is 2.80 bits per heavy atom. The third-order valence-electron chi connectivity index (χ3n) is 3.98. The molecule has 104 valence electrons. The predicted molar refractivity (Wildman–Crippen MR) is 81.9 cm³/mol. The van der Waals surface area contributed by atoms with Crippen molar-refractivity contribution >= 4 is 0 Å². The molecule has 0 radical (unpaired) electrons. The van der Waals surface area contributed by atoms with Crippen LogP contribution in [0.15, 0.2) is 48.5 Å². The van der Waals surface area contributed by atoms with Crippen LogP contribution in [0.5, 0.6) is 5.75 Å². The van der Waals surface area contributed by atoms with E-state index in [1.54, 1.807) is 0 Å². The van der Waals surface area contributed by atoms with Crippen LogP contribution < -0.4 is 10.5 Å². The summed E-state index contributed by atoms with van der Waals surface area (Å²) in [5, 5.41) is 0. The summed E-state index contributed by atoms with van der Waals surface area (Å²) in [6, 6.07) is 17.0. The maximum atomic E-state index is 6.18. The Bertz CT molecular complexity index is 565. The lowest BCUT2D eigenvalue weighted by molar-refractivity contribution is 0.321. The van der Waals surface area contributed by atoms with Crippen LogP contribution in [0.2, 0.25) is 0 Å². The zero-order valence-corrected chi connectivity index (χ0v) is 11.7. The number of aryl methyl sites for hydroxylation is 1. The molecule has 1 aliphatic carbocycles. The third-order valence-corrected chi connectivity index (χ3v) is 3.98. The number of rotatable bonds is 4. The maximum absolute atomic E-state index is 6.18. The summed E-state index contributed by atoms with van der Waals surface area (Å²) in [7, 11) is 0. The van der Waals surface area contributed by atoms with Crippen molar-refractivity contribution in [3.8, 4) is 5.75 Å². The summed E-state index contributed by atoms with van der Waals surface area (Å²) in [5.74, 6) is 0.942. The van der Waals surface area contributed by atoms with E-state index in [2.05, 4.69) is 42.5 Å². The minimum atomic E-state index is 0.177. The molecule has 0 saturated carbocycles. The molecule has 2 heteroatoms. The van der Waals surface area contributed by atoms with E-state index in [1.165, 1.54) is 23.1 Å². The first-order valence-electron chi connectivity index (χ1n) is 7.38. The molecule has 0 fully saturated rings. The molecular weight excluding hydrogens is 246 g/mol. The van der Waals surface area contributed by atoms with Gasteiger partial charge in [0.2, 0.25) is 0 Å². The van der Waals surface area contributed by atoms with Gasteiger partial charge in [0.15, 0.2) is 0 Å². The predicted octanol–water partition coefficient (Wildman–Crippen LogP) is 3.64. The van der Waals surface area contributed by atoms with Crippen molar-refractivity contribution in [3.63, 3.8) is 0 Å². The van der Waals surface area contributed by atoms with Gasteiger partial charge in [-0.25, -0.2) is 0 Å². The first-order valence-corrected chi connectivity index (χ1v) is 7.38. The summed E-state index contributed by atoms with van der Waals surface area (Å²) in [6.07, 6.45) is 4.36. The van der Waals surface area contributed by atoms with Gasteiger partial charge in [-0.3, -0.25) is 0 Å². The average molecular weight is 267 g/mol. The Kier molecular flexibility index (Phi) is 4.03. The van der Waals surface area contributed by atoms with Crippen LogP contribution in [0, 0.1) is 0 Å².